The number of carbonyl (C=O) groups is 2. The normalized spacial score (nSPS) is 12.0. The zero-order valence-corrected chi connectivity index (χ0v) is 24.1. The number of amides is 2. The summed E-state index contributed by atoms with van der Waals surface area (Å²) in [6, 6.07) is 23.6. The summed E-state index contributed by atoms with van der Waals surface area (Å²) in [7, 11) is -3.78. The zero-order valence-electron chi connectivity index (χ0n) is 23.3. The minimum atomic E-state index is -3.78. The molecule has 7 nitrogen and oxygen atoms in total. The van der Waals surface area contributed by atoms with E-state index in [2.05, 4.69) is 5.32 Å². The van der Waals surface area contributed by atoms with E-state index >= 15 is 0 Å². The van der Waals surface area contributed by atoms with Crippen molar-refractivity contribution in [3.8, 4) is 0 Å². The van der Waals surface area contributed by atoms with Crippen LogP contribution in [-0.4, -0.2) is 50.5 Å². The molecule has 0 aliphatic carbocycles. The average molecular weight is 550 g/mol. The minimum Gasteiger partial charge on any atom is -0.354 e. The molecule has 0 saturated carbocycles. The highest BCUT2D eigenvalue weighted by Gasteiger charge is 2.33. The zero-order chi connectivity index (χ0) is 28.4. The molecule has 8 heteroatoms. The molecule has 2 amide bonds. The number of nitrogens with one attached hydrogen (secondary N) is 1. The minimum absolute atomic E-state index is 0.176. The Morgan fingerprint density at radius 1 is 0.872 bits per heavy atom. The lowest BCUT2D eigenvalue weighted by molar-refractivity contribution is -0.140. The van der Waals surface area contributed by atoms with Crippen molar-refractivity contribution in [3.05, 3.63) is 101 Å². The van der Waals surface area contributed by atoms with Gasteiger partial charge in [-0.25, -0.2) is 8.42 Å². The molecule has 0 fully saturated rings. The van der Waals surface area contributed by atoms with Crippen molar-refractivity contribution in [2.75, 3.05) is 23.7 Å². The molecule has 3 aromatic carbocycles. The van der Waals surface area contributed by atoms with Crippen LogP contribution in [0.25, 0.3) is 0 Å². The number of sulfonamides is 1. The van der Waals surface area contributed by atoms with Gasteiger partial charge in [0.25, 0.3) is 0 Å². The van der Waals surface area contributed by atoms with E-state index in [1.807, 2.05) is 87.5 Å². The lowest BCUT2D eigenvalue weighted by Crippen LogP contribution is -2.53. The molecule has 0 heterocycles. The molecule has 0 unspecified atom stereocenters. The second kappa shape index (κ2) is 13.9. The van der Waals surface area contributed by atoms with Crippen LogP contribution in [0.2, 0.25) is 0 Å². The SMILES string of the molecule is CCCNC(=O)[C@@H](Cc1ccccc1)N(Cc1ccccc1C)C(=O)CN(c1ccc(CC)cc1)S(C)(=O)=O. The molecule has 0 bridgehead atoms. The Balaban J connectivity index is 2.04. The fourth-order valence-corrected chi connectivity index (χ4v) is 5.25. The van der Waals surface area contributed by atoms with Gasteiger partial charge in [0.2, 0.25) is 21.8 Å². The molecule has 0 aliphatic heterocycles. The number of anilines is 1. The third kappa shape index (κ3) is 8.42. The number of hydrogen-bond donors (Lipinski definition) is 1. The third-order valence-corrected chi connectivity index (χ3v) is 7.87. The van der Waals surface area contributed by atoms with E-state index in [0.717, 1.165) is 45.7 Å². The number of rotatable bonds is 13. The monoisotopic (exact) mass is 549 g/mol. The van der Waals surface area contributed by atoms with Crippen LogP contribution in [0.15, 0.2) is 78.9 Å². The van der Waals surface area contributed by atoms with Crippen LogP contribution in [0, 0.1) is 6.92 Å². The van der Waals surface area contributed by atoms with Gasteiger partial charge in [-0.05, 0) is 54.2 Å². The number of benzene rings is 3. The van der Waals surface area contributed by atoms with Gasteiger partial charge in [0.05, 0.1) is 11.9 Å². The summed E-state index contributed by atoms with van der Waals surface area (Å²) in [4.78, 5) is 29.1. The molecule has 3 rings (SSSR count). The maximum Gasteiger partial charge on any atom is 0.244 e. The van der Waals surface area contributed by atoms with Crippen LogP contribution in [0.4, 0.5) is 5.69 Å². The molecular formula is C31H39N3O4S. The summed E-state index contributed by atoms with van der Waals surface area (Å²) in [5.41, 5.74) is 4.26. The van der Waals surface area contributed by atoms with E-state index in [4.69, 9.17) is 0 Å². The number of hydrogen-bond acceptors (Lipinski definition) is 4. The maximum atomic E-state index is 14.1. The van der Waals surface area contributed by atoms with Crippen molar-refractivity contribution >= 4 is 27.5 Å². The molecule has 1 atom stereocenters. The second-order valence-electron chi connectivity index (χ2n) is 9.73. The van der Waals surface area contributed by atoms with E-state index < -0.39 is 28.5 Å². The Morgan fingerprint density at radius 3 is 2.10 bits per heavy atom. The molecule has 0 saturated heterocycles. The highest BCUT2D eigenvalue weighted by molar-refractivity contribution is 7.92. The van der Waals surface area contributed by atoms with Crippen molar-refractivity contribution in [1.29, 1.82) is 0 Å². The Bertz CT molecular complexity index is 1340. The first-order valence-corrected chi connectivity index (χ1v) is 15.2. The molecular weight excluding hydrogens is 510 g/mol. The van der Waals surface area contributed by atoms with Crippen molar-refractivity contribution in [1.82, 2.24) is 10.2 Å². The lowest BCUT2D eigenvalue weighted by Gasteiger charge is -2.34. The van der Waals surface area contributed by atoms with Crippen LogP contribution < -0.4 is 9.62 Å². The second-order valence-corrected chi connectivity index (χ2v) is 11.6. The molecule has 0 radical (unpaired) electrons. The standard InChI is InChI=1S/C31H39N3O4S/c1-5-20-32-31(36)29(21-26-13-8-7-9-14-26)33(22-27-15-11-10-12-24(27)3)30(35)23-34(39(4,37)38)28-18-16-25(6-2)17-19-28/h7-19,29H,5-6,20-23H2,1-4H3,(H,32,36)/t29-/m1/s1. The highest BCUT2D eigenvalue weighted by atomic mass is 32.2. The first-order valence-electron chi connectivity index (χ1n) is 13.4. The fourth-order valence-electron chi connectivity index (χ4n) is 4.40. The highest BCUT2D eigenvalue weighted by Crippen LogP contribution is 2.22. The van der Waals surface area contributed by atoms with Gasteiger partial charge in [0.15, 0.2) is 0 Å². The molecule has 0 aliphatic rings. The predicted molar refractivity (Wildman–Crippen MR) is 157 cm³/mol. The molecule has 0 spiro atoms. The first kappa shape index (κ1) is 29.9. The van der Waals surface area contributed by atoms with Gasteiger partial charge in [0, 0.05) is 19.5 Å². The van der Waals surface area contributed by atoms with Gasteiger partial charge in [-0.2, -0.15) is 0 Å². The van der Waals surface area contributed by atoms with Crippen LogP contribution in [0.1, 0.15) is 42.5 Å². The van der Waals surface area contributed by atoms with Gasteiger partial charge in [-0.15, -0.1) is 0 Å². The third-order valence-electron chi connectivity index (χ3n) is 6.73. The summed E-state index contributed by atoms with van der Waals surface area (Å²) in [5, 5.41) is 2.95. The Labute approximate surface area is 232 Å². The van der Waals surface area contributed by atoms with Crippen LogP contribution in [0.3, 0.4) is 0 Å². The molecule has 3 aromatic rings. The van der Waals surface area contributed by atoms with Crippen LogP contribution in [-0.2, 0) is 39.0 Å². The van der Waals surface area contributed by atoms with E-state index in [0.29, 0.717) is 18.7 Å². The van der Waals surface area contributed by atoms with Crippen LogP contribution >= 0.6 is 0 Å². The van der Waals surface area contributed by atoms with E-state index in [9.17, 15) is 18.0 Å². The van der Waals surface area contributed by atoms with E-state index in [-0.39, 0.29) is 12.5 Å². The van der Waals surface area contributed by atoms with Crippen molar-refractivity contribution in [2.24, 2.45) is 0 Å². The quantitative estimate of drug-likeness (QED) is 0.340. The summed E-state index contributed by atoms with van der Waals surface area (Å²) in [6.45, 7) is 6.19. The Morgan fingerprint density at radius 2 is 1.51 bits per heavy atom. The Kier molecular flexibility index (Phi) is 10.7. The van der Waals surface area contributed by atoms with Crippen molar-refractivity contribution in [3.63, 3.8) is 0 Å². The number of carbonyl (C=O) groups excluding carboxylic acids is 2. The lowest BCUT2D eigenvalue weighted by atomic mass is 10.0. The smallest absolute Gasteiger partial charge is 0.244 e. The van der Waals surface area contributed by atoms with Crippen molar-refractivity contribution in [2.45, 2.75) is 52.6 Å². The van der Waals surface area contributed by atoms with E-state index in [1.165, 1.54) is 4.90 Å². The molecule has 1 N–H and O–H groups in total. The summed E-state index contributed by atoms with van der Waals surface area (Å²) in [5.74, 6) is -0.711. The average Bonchev–Trinajstić information content (AvgIpc) is 2.93. The maximum absolute atomic E-state index is 14.1. The fraction of sp³-hybridized carbons (Fsp3) is 0.355. The van der Waals surface area contributed by atoms with Gasteiger partial charge in [0.1, 0.15) is 12.6 Å². The van der Waals surface area contributed by atoms with Crippen molar-refractivity contribution < 1.29 is 18.0 Å². The Hall–Kier alpha value is -3.65. The van der Waals surface area contributed by atoms with Crippen LogP contribution in [0.5, 0.6) is 0 Å². The van der Waals surface area contributed by atoms with Gasteiger partial charge >= 0.3 is 0 Å². The molecule has 39 heavy (non-hydrogen) atoms. The van der Waals surface area contributed by atoms with Gasteiger partial charge in [-0.1, -0.05) is 80.6 Å². The predicted octanol–water partition coefficient (Wildman–Crippen LogP) is 4.49. The number of aryl methyl sites for hydroxylation is 2. The molecule has 0 aromatic heterocycles. The summed E-state index contributed by atoms with van der Waals surface area (Å²) < 4.78 is 26.9. The molecule has 208 valence electrons. The van der Waals surface area contributed by atoms with Gasteiger partial charge in [-0.3, -0.25) is 13.9 Å². The first-order chi connectivity index (χ1) is 18.6. The van der Waals surface area contributed by atoms with E-state index in [1.54, 1.807) is 12.1 Å². The summed E-state index contributed by atoms with van der Waals surface area (Å²) >= 11 is 0. The largest absolute Gasteiger partial charge is 0.354 e. The summed E-state index contributed by atoms with van der Waals surface area (Å²) in [6.07, 6.45) is 2.97. The number of nitrogens with zero attached hydrogens (tertiary/aromatic N) is 2. The van der Waals surface area contributed by atoms with Gasteiger partial charge < -0.3 is 10.2 Å². The topological polar surface area (TPSA) is 86.8 Å².